The van der Waals surface area contributed by atoms with E-state index in [1.165, 1.54) is 0 Å². The van der Waals surface area contributed by atoms with Crippen molar-refractivity contribution in [1.29, 1.82) is 0 Å². The minimum Gasteiger partial charge on any atom is -0.506 e. The first kappa shape index (κ1) is 8.41. The zero-order chi connectivity index (χ0) is 9.26. The van der Waals surface area contributed by atoms with Crippen molar-refractivity contribution in [3.05, 3.63) is 36.4 Å². The van der Waals surface area contributed by atoms with Gasteiger partial charge in [0.2, 0.25) is 0 Å². The number of hydrogen-bond donors (Lipinski definition) is 2. The van der Waals surface area contributed by atoms with Crippen LogP contribution in [0.25, 0.3) is 10.8 Å². The summed E-state index contributed by atoms with van der Waals surface area (Å²) in [6.45, 7) is 0. The van der Waals surface area contributed by atoms with E-state index in [1.807, 2.05) is 30.3 Å². The van der Waals surface area contributed by atoms with E-state index in [9.17, 15) is 5.11 Å². The van der Waals surface area contributed by atoms with Crippen LogP contribution in [0.3, 0.4) is 0 Å². The van der Waals surface area contributed by atoms with E-state index in [4.69, 9.17) is 4.55 Å². The van der Waals surface area contributed by atoms with Crippen molar-refractivity contribution in [3.8, 4) is 5.75 Å². The van der Waals surface area contributed by atoms with Gasteiger partial charge in [0, 0.05) is 17.4 Å². The van der Waals surface area contributed by atoms with Crippen molar-refractivity contribution in [2.24, 2.45) is 0 Å². The summed E-state index contributed by atoms with van der Waals surface area (Å²) < 4.78 is 8.83. The van der Waals surface area contributed by atoms with Gasteiger partial charge in [-0.2, -0.15) is 0 Å². The predicted molar refractivity (Wildman–Crippen MR) is 54.1 cm³/mol. The molecule has 0 spiro atoms. The Morgan fingerprint density at radius 1 is 1.00 bits per heavy atom. The number of aromatic hydroxyl groups is 1. The Bertz CT molecular complexity index is 440. The smallest absolute Gasteiger partial charge is 0.139 e. The van der Waals surface area contributed by atoms with Crippen LogP contribution in [-0.2, 0) is 0 Å². The lowest BCUT2D eigenvalue weighted by Gasteiger charge is -2.03. The highest BCUT2D eigenvalue weighted by molar-refractivity contribution is 7.93. The molecule has 0 radical (unpaired) electrons. The lowest BCUT2D eigenvalue weighted by Crippen LogP contribution is -1.76. The van der Waals surface area contributed by atoms with Gasteiger partial charge in [0.05, 0.1) is 4.90 Å². The summed E-state index contributed by atoms with van der Waals surface area (Å²) in [5.74, 6) is 0.144. The molecule has 0 bridgehead atoms. The molecule has 0 amide bonds. The topological polar surface area (TPSA) is 40.5 Å². The highest BCUT2D eigenvalue weighted by Crippen LogP contribution is 2.33. The highest BCUT2D eigenvalue weighted by Gasteiger charge is 2.04. The van der Waals surface area contributed by atoms with E-state index >= 15 is 0 Å². The SMILES string of the molecule is OSc1ccc2ccccc2c1O. The summed E-state index contributed by atoms with van der Waals surface area (Å²) in [6.07, 6.45) is 0. The summed E-state index contributed by atoms with van der Waals surface area (Å²) in [4.78, 5) is 0.485. The molecule has 0 aromatic heterocycles. The normalized spacial score (nSPS) is 10.5. The number of phenolic OH excluding ortho intramolecular Hbond substituents is 1. The first-order chi connectivity index (χ1) is 6.33. The third-order valence-electron chi connectivity index (χ3n) is 1.96. The van der Waals surface area contributed by atoms with Gasteiger partial charge in [0.15, 0.2) is 0 Å². The third kappa shape index (κ3) is 1.36. The van der Waals surface area contributed by atoms with E-state index in [0.717, 1.165) is 10.8 Å². The molecule has 2 aromatic carbocycles. The van der Waals surface area contributed by atoms with E-state index < -0.39 is 0 Å². The fourth-order valence-electron chi connectivity index (χ4n) is 1.31. The van der Waals surface area contributed by atoms with Gasteiger partial charge in [-0.1, -0.05) is 30.3 Å². The fraction of sp³-hybridized carbons (Fsp3) is 0. The molecule has 0 heterocycles. The minimum absolute atomic E-state index is 0.144. The van der Waals surface area contributed by atoms with Gasteiger partial charge in [0.25, 0.3) is 0 Å². The number of rotatable bonds is 1. The zero-order valence-electron chi connectivity index (χ0n) is 6.77. The van der Waals surface area contributed by atoms with Gasteiger partial charge in [-0.25, -0.2) is 0 Å². The zero-order valence-corrected chi connectivity index (χ0v) is 7.58. The number of fused-ring (bicyclic) bond motifs is 1. The molecule has 2 rings (SSSR count). The molecule has 0 unspecified atom stereocenters. The maximum Gasteiger partial charge on any atom is 0.139 e. The molecule has 0 aliphatic heterocycles. The largest absolute Gasteiger partial charge is 0.506 e. The van der Waals surface area contributed by atoms with E-state index in [0.29, 0.717) is 16.9 Å². The molecule has 0 fully saturated rings. The molecule has 3 heteroatoms. The van der Waals surface area contributed by atoms with Crippen LogP contribution in [0.15, 0.2) is 41.3 Å². The van der Waals surface area contributed by atoms with Gasteiger partial charge in [-0.3, -0.25) is 0 Å². The van der Waals surface area contributed by atoms with Crippen LogP contribution in [0.1, 0.15) is 0 Å². The molecule has 0 aliphatic carbocycles. The molecule has 0 atom stereocenters. The second-order valence-electron chi connectivity index (χ2n) is 2.72. The van der Waals surface area contributed by atoms with Crippen molar-refractivity contribution in [2.45, 2.75) is 4.90 Å². The van der Waals surface area contributed by atoms with Gasteiger partial charge in [-0.15, -0.1) is 0 Å². The number of hydrogen-bond acceptors (Lipinski definition) is 3. The Morgan fingerprint density at radius 3 is 2.54 bits per heavy atom. The lowest BCUT2D eigenvalue weighted by atomic mass is 10.1. The molecule has 0 aliphatic rings. The van der Waals surface area contributed by atoms with E-state index in [2.05, 4.69) is 0 Å². The highest BCUT2D eigenvalue weighted by atomic mass is 32.2. The average molecular weight is 192 g/mol. The maximum atomic E-state index is 9.67. The van der Waals surface area contributed by atoms with Crippen molar-refractivity contribution >= 4 is 22.8 Å². The van der Waals surface area contributed by atoms with Crippen molar-refractivity contribution in [3.63, 3.8) is 0 Å². The van der Waals surface area contributed by atoms with Crippen LogP contribution in [0.2, 0.25) is 0 Å². The summed E-state index contributed by atoms with van der Waals surface area (Å²) in [5.41, 5.74) is 0. The van der Waals surface area contributed by atoms with Crippen LogP contribution in [0, 0.1) is 0 Å². The first-order valence-electron chi connectivity index (χ1n) is 3.85. The van der Waals surface area contributed by atoms with Crippen LogP contribution in [0.4, 0.5) is 0 Å². The number of phenols is 1. The molecular formula is C10H8O2S. The second kappa shape index (κ2) is 3.28. The van der Waals surface area contributed by atoms with Crippen LogP contribution in [0.5, 0.6) is 5.75 Å². The monoisotopic (exact) mass is 192 g/mol. The van der Waals surface area contributed by atoms with Crippen molar-refractivity contribution in [2.75, 3.05) is 0 Å². The van der Waals surface area contributed by atoms with Crippen LogP contribution in [-0.4, -0.2) is 9.66 Å². The maximum absolute atomic E-state index is 9.67. The summed E-state index contributed by atoms with van der Waals surface area (Å²) in [6, 6.07) is 11.1. The molecule has 2 aromatic rings. The Balaban J connectivity index is 2.79. The quantitative estimate of drug-likeness (QED) is 0.682. The summed E-state index contributed by atoms with van der Waals surface area (Å²) in [7, 11) is 0. The van der Waals surface area contributed by atoms with E-state index in [-0.39, 0.29) is 5.75 Å². The second-order valence-corrected chi connectivity index (χ2v) is 3.35. The van der Waals surface area contributed by atoms with E-state index in [1.54, 1.807) is 6.07 Å². The van der Waals surface area contributed by atoms with Gasteiger partial charge < -0.3 is 9.66 Å². The molecule has 0 saturated carbocycles. The molecular weight excluding hydrogens is 184 g/mol. The Hall–Kier alpha value is -1.19. The summed E-state index contributed by atoms with van der Waals surface area (Å²) >= 11 is 0.560. The fourth-order valence-corrected chi connectivity index (χ4v) is 1.63. The molecule has 13 heavy (non-hydrogen) atoms. The first-order valence-corrected chi connectivity index (χ1v) is 4.62. The Labute approximate surface area is 80.0 Å². The molecule has 66 valence electrons. The Kier molecular flexibility index (Phi) is 2.12. The van der Waals surface area contributed by atoms with Crippen LogP contribution < -0.4 is 0 Å². The third-order valence-corrected chi connectivity index (χ3v) is 2.49. The van der Waals surface area contributed by atoms with Crippen molar-refractivity contribution < 1.29 is 9.66 Å². The lowest BCUT2D eigenvalue weighted by molar-refractivity contribution is 0.467. The van der Waals surface area contributed by atoms with Crippen LogP contribution >= 0.6 is 12.0 Å². The average Bonchev–Trinajstić information content (AvgIpc) is 2.19. The molecule has 2 N–H and O–H groups in total. The van der Waals surface area contributed by atoms with Crippen molar-refractivity contribution in [1.82, 2.24) is 0 Å². The summed E-state index contributed by atoms with van der Waals surface area (Å²) in [5, 5.41) is 11.4. The molecule has 2 nitrogen and oxygen atoms in total. The predicted octanol–water partition coefficient (Wildman–Crippen LogP) is 3.11. The number of benzene rings is 2. The van der Waals surface area contributed by atoms with Gasteiger partial charge in [0.1, 0.15) is 5.75 Å². The van der Waals surface area contributed by atoms with Gasteiger partial charge in [-0.05, 0) is 11.5 Å². The Morgan fingerprint density at radius 2 is 1.77 bits per heavy atom. The minimum atomic E-state index is 0.144. The van der Waals surface area contributed by atoms with Gasteiger partial charge >= 0.3 is 0 Å². The standard InChI is InChI=1S/C10H8O2S/c11-10-8-4-2-1-3-7(8)5-6-9(10)13-12/h1-6,11-12H. The molecule has 0 saturated heterocycles.